The van der Waals surface area contributed by atoms with Crippen LogP contribution >= 0.6 is 22.9 Å². The Morgan fingerprint density at radius 2 is 2.04 bits per heavy atom. The van der Waals surface area contributed by atoms with Gasteiger partial charge in [-0.15, -0.1) is 11.3 Å². The molecule has 1 aliphatic carbocycles. The van der Waals surface area contributed by atoms with Gasteiger partial charge in [0.15, 0.2) is 0 Å². The average Bonchev–Trinajstić information content (AvgIpc) is 3.08. The van der Waals surface area contributed by atoms with E-state index in [-0.39, 0.29) is 18.0 Å². The van der Waals surface area contributed by atoms with Crippen LogP contribution in [-0.4, -0.2) is 28.6 Å². The summed E-state index contributed by atoms with van der Waals surface area (Å²) < 4.78 is 6.93. The third-order valence-corrected chi connectivity index (χ3v) is 6.21. The number of nitrogens with zero attached hydrogens (tertiary/aromatic N) is 2. The van der Waals surface area contributed by atoms with Crippen LogP contribution in [0.15, 0.2) is 35.4 Å². The number of hydrogen-bond donors (Lipinski definition) is 1. The molecule has 2 aromatic heterocycles. The molecule has 0 fully saturated rings. The van der Waals surface area contributed by atoms with E-state index in [1.54, 1.807) is 35.6 Å². The van der Waals surface area contributed by atoms with E-state index in [4.69, 9.17) is 16.3 Å². The second-order valence-corrected chi connectivity index (χ2v) is 8.24. The first-order valence-corrected chi connectivity index (χ1v) is 10.5. The molecule has 8 heteroatoms. The van der Waals surface area contributed by atoms with E-state index in [0.717, 1.165) is 36.1 Å². The Balaban J connectivity index is 1.36. The molecule has 6 nitrogen and oxygen atoms in total. The molecule has 1 aromatic carbocycles. The quantitative estimate of drug-likeness (QED) is 0.625. The zero-order chi connectivity index (χ0) is 19.5. The summed E-state index contributed by atoms with van der Waals surface area (Å²) in [5.74, 6) is 0.443. The summed E-state index contributed by atoms with van der Waals surface area (Å²) in [6.07, 6.45) is 5.67. The van der Waals surface area contributed by atoms with Gasteiger partial charge in [-0.25, -0.2) is 4.98 Å². The Kier molecular flexibility index (Phi) is 5.64. The molecule has 3 aromatic rings. The molecule has 28 heavy (non-hydrogen) atoms. The molecule has 0 unspecified atom stereocenters. The monoisotopic (exact) mass is 417 g/mol. The maximum atomic E-state index is 12.9. The number of carbonyl (C=O) groups excluding carboxylic acids is 1. The van der Waals surface area contributed by atoms with Gasteiger partial charge in [0.1, 0.15) is 23.7 Å². The van der Waals surface area contributed by atoms with Gasteiger partial charge >= 0.3 is 0 Å². The van der Waals surface area contributed by atoms with Crippen molar-refractivity contribution in [3.05, 3.63) is 56.4 Å². The fraction of sp³-hybridized carbons (Fsp3) is 0.350. The summed E-state index contributed by atoms with van der Waals surface area (Å²) in [7, 11) is 0. The van der Waals surface area contributed by atoms with Crippen LogP contribution in [0.2, 0.25) is 5.02 Å². The molecule has 1 aliphatic rings. The van der Waals surface area contributed by atoms with E-state index in [1.807, 2.05) is 0 Å². The minimum absolute atomic E-state index is 0.0483. The fourth-order valence-corrected chi connectivity index (χ4v) is 4.74. The van der Waals surface area contributed by atoms with Crippen molar-refractivity contribution in [2.75, 3.05) is 13.2 Å². The highest BCUT2D eigenvalue weighted by molar-refractivity contribution is 7.18. The lowest BCUT2D eigenvalue weighted by Crippen LogP contribution is -2.34. The summed E-state index contributed by atoms with van der Waals surface area (Å²) in [6, 6.07) is 7.03. The maximum Gasteiger partial charge on any atom is 0.262 e. The summed E-state index contributed by atoms with van der Waals surface area (Å²) in [5, 5.41) is 4.11. The van der Waals surface area contributed by atoms with Gasteiger partial charge in [-0.05, 0) is 55.5 Å². The minimum atomic E-state index is -0.243. The fourth-order valence-electron chi connectivity index (χ4n) is 3.39. The van der Waals surface area contributed by atoms with E-state index in [2.05, 4.69) is 10.3 Å². The lowest BCUT2D eigenvalue weighted by molar-refractivity contribution is -0.121. The predicted molar refractivity (Wildman–Crippen MR) is 110 cm³/mol. The number of fused-ring (bicyclic) bond motifs is 3. The molecule has 1 amide bonds. The van der Waals surface area contributed by atoms with E-state index in [0.29, 0.717) is 29.3 Å². The molecule has 0 radical (unpaired) electrons. The van der Waals surface area contributed by atoms with Gasteiger partial charge in [0.2, 0.25) is 5.91 Å². The average molecular weight is 418 g/mol. The number of aromatic nitrogens is 2. The number of nitrogens with one attached hydrogen (secondary N) is 1. The van der Waals surface area contributed by atoms with Crippen molar-refractivity contribution in [3.8, 4) is 5.75 Å². The molecule has 4 rings (SSSR count). The maximum absolute atomic E-state index is 12.9. The van der Waals surface area contributed by atoms with Crippen LogP contribution in [-0.2, 0) is 24.2 Å². The van der Waals surface area contributed by atoms with Gasteiger partial charge in [-0.3, -0.25) is 14.2 Å². The highest BCUT2D eigenvalue weighted by Crippen LogP contribution is 2.33. The molecule has 0 saturated heterocycles. The molecule has 0 saturated carbocycles. The van der Waals surface area contributed by atoms with Gasteiger partial charge in [0, 0.05) is 9.90 Å². The summed E-state index contributed by atoms with van der Waals surface area (Å²) in [5.41, 5.74) is 1.01. The predicted octanol–water partition coefficient (Wildman–Crippen LogP) is 3.19. The van der Waals surface area contributed by atoms with Crippen LogP contribution in [0.4, 0.5) is 0 Å². The van der Waals surface area contributed by atoms with Gasteiger partial charge < -0.3 is 10.1 Å². The first kappa shape index (κ1) is 19.0. The van der Waals surface area contributed by atoms with E-state index < -0.39 is 0 Å². The van der Waals surface area contributed by atoms with Gasteiger partial charge in [0.05, 0.1) is 18.3 Å². The first-order valence-electron chi connectivity index (χ1n) is 9.26. The number of rotatable bonds is 6. The minimum Gasteiger partial charge on any atom is -0.492 e. The van der Waals surface area contributed by atoms with Crippen molar-refractivity contribution < 1.29 is 9.53 Å². The molecule has 1 N–H and O–H groups in total. The standard InChI is InChI=1S/C20H20ClN3O3S/c21-13-5-7-14(8-6-13)27-10-9-22-17(25)11-24-12-23-19-18(20(24)26)15-3-1-2-4-16(15)28-19/h5-8,12H,1-4,9-11H2,(H,22,25). The molecular formula is C20H20ClN3O3S. The third-order valence-electron chi connectivity index (χ3n) is 4.76. The van der Waals surface area contributed by atoms with Crippen LogP contribution in [0, 0.1) is 0 Å². The van der Waals surface area contributed by atoms with Crippen LogP contribution in [0.1, 0.15) is 23.3 Å². The Bertz CT molecular complexity index is 1060. The third kappa shape index (κ3) is 4.05. The Hall–Kier alpha value is -2.38. The summed E-state index contributed by atoms with van der Waals surface area (Å²) in [6.45, 7) is 0.630. The molecule has 146 valence electrons. The molecule has 0 aliphatic heterocycles. The largest absolute Gasteiger partial charge is 0.492 e. The first-order chi connectivity index (χ1) is 13.6. The van der Waals surface area contributed by atoms with E-state index >= 15 is 0 Å². The van der Waals surface area contributed by atoms with Crippen LogP contribution in [0.5, 0.6) is 5.75 Å². The number of amides is 1. The lowest BCUT2D eigenvalue weighted by atomic mass is 9.97. The number of ether oxygens (including phenoxy) is 1. The van der Waals surface area contributed by atoms with Crippen molar-refractivity contribution in [3.63, 3.8) is 0 Å². The summed E-state index contributed by atoms with van der Waals surface area (Å²) >= 11 is 7.43. The van der Waals surface area contributed by atoms with Gasteiger partial charge in [0.25, 0.3) is 5.56 Å². The highest BCUT2D eigenvalue weighted by Gasteiger charge is 2.20. The molecular weight excluding hydrogens is 398 g/mol. The van der Waals surface area contributed by atoms with Crippen LogP contribution in [0.3, 0.4) is 0 Å². The van der Waals surface area contributed by atoms with Gasteiger partial charge in [-0.2, -0.15) is 0 Å². The zero-order valence-corrected chi connectivity index (χ0v) is 16.8. The van der Waals surface area contributed by atoms with Crippen molar-refractivity contribution in [2.45, 2.75) is 32.2 Å². The van der Waals surface area contributed by atoms with Crippen LogP contribution < -0.4 is 15.6 Å². The van der Waals surface area contributed by atoms with Crippen molar-refractivity contribution >= 4 is 39.1 Å². The summed E-state index contributed by atoms with van der Waals surface area (Å²) in [4.78, 5) is 31.5. The number of aryl methyl sites for hydroxylation is 2. The normalized spacial score (nSPS) is 13.3. The van der Waals surface area contributed by atoms with E-state index in [9.17, 15) is 9.59 Å². The number of halogens is 1. The lowest BCUT2D eigenvalue weighted by Gasteiger charge is -2.11. The smallest absolute Gasteiger partial charge is 0.262 e. The van der Waals surface area contributed by atoms with Crippen molar-refractivity contribution in [1.82, 2.24) is 14.9 Å². The molecule has 2 heterocycles. The SMILES string of the molecule is O=C(Cn1cnc2sc3c(c2c1=O)CCCC3)NCCOc1ccc(Cl)cc1. The number of thiophene rings is 1. The van der Waals surface area contributed by atoms with Crippen LogP contribution in [0.25, 0.3) is 10.2 Å². The zero-order valence-electron chi connectivity index (χ0n) is 15.2. The van der Waals surface area contributed by atoms with Crippen molar-refractivity contribution in [1.29, 1.82) is 0 Å². The Morgan fingerprint density at radius 1 is 1.25 bits per heavy atom. The Labute approximate surface area is 171 Å². The molecule has 0 bridgehead atoms. The second-order valence-electron chi connectivity index (χ2n) is 6.72. The second kappa shape index (κ2) is 8.32. The Morgan fingerprint density at radius 3 is 2.86 bits per heavy atom. The topological polar surface area (TPSA) is 73.2 Å². The molecule has 0 spiro atoms. The van der Waals surface area contributed by atoms with Gasteiger partial charge in [-0.1, -0.05) is 11.6 Å². The highest BCUT2D eigenvalue weighted by atomic mass is 35.5. The number of hydrogen-bond acceptors (Lipinski definition) is 5. The van der Waals surface area contributed by atoms with E-state index in [1.165, 1.54) is 15.8 Å². The molecule has 0 atom stereocenters. The number of benzene rings is 1. The van der Waals surface area contributed by atoms with Crippen molar-refractivity contribution in [2.24, 2.45) is 0 Å². The number of carbonyl (C=O) groups is 1.